The van der Waals surface area contributed by atoms with Crippen molar-refractivity contribution in [3.05, 3.63) is 35.4 Å². The van der Waals surface area contributed by atoms with Crippen molar-refractivity contribution in [3.8, 4) is 11.1 Å². The van der Waals surface area contributed by atoms with Gasteiger partial charge in [-0.1, -0.05) is 0 Å². The van der Waals surface area contributed by atoms with E-state index in [1.54, 1.807) is 11.9 Å². The lowest BCUT2D eigenvalue weighted by atomic mass is 9.93. The zero-order chi connectivity index (χ0) is 37.9. The average Bonchev–Trinajstić information content (AvgIpc) is 3.73. The number of anilines is 4. The summed E-state index contributed by atoms with van der Waals surface area (Å²) in [6.45, 7) is 12.7. The number of rotatable bonds is 7. The summed E-state index contributed by atoms with van der Waals surface area (Å²) in [5.74, 6) is -0.666. The van der Waals surface area contributed by atoms with Crippen LogP contribution in [0.3, 0.4) is 0 Å². The Morgan fingerprint density at radius 3 is 1.69 bits per heavy atom. The van der Waals surface area contributed by atoms with Crippen LogP contribution >= 0.6 is 0 Å². The molecular weight excluding hydrogens is 688 g/mol. The van der Waals surface area contributed by atoms with Crippen molar-refractivity contribution in [2.24, 2.45) is 5.92 Å². The lowest BCUT2D eigenvalue weighted by Crippen LogP contribution is -2.52. The number of amides is 5. The first kappa shape index (κ1) is 36.1. The van der Waals surface area contributed by atoms with Gasteiger partial charge >= 0.3 is 6.09 Å². The number of piperazine rings is 1. The van der Waals surface area contributed by atoms with Gasteiger partial charge in [0.1, 0.15) is 17.7 Å². The highest BCUT2D eigenvalue weighted by molar-refractivity contribution is 6.03. The third kappa shape index (κ3) is 6.96. The summed E-state index contributed by atoms with van der Waals surface area (Å²) in [5.41, 5.74) is 8.26. The fraction of sp³-hybridized carbons (Fsp3) is 0.575. The summed E-state index contributed by atoms with van der Waals surface area (Å²) < 4.78 is 5.60. The fourth-order valence-electron chi connectivity index (χ4n) is 9.11. The standard InChI is InChI=1S/C40H52N8O6/c1-40(2,3)54-39(53)44(4)21-24-22-46(23-24)32-18-26(20-34-28(32)10-14-48(34)30-6-8-36(50)43-38(30)52)25-17-31(45-15-11-41-12-16-45)27-9-13-47(33(27)19-25)29-5-7-35(49)42-37(29)51/h17-20,24,29-30,41H,5-16,21-23H2,1-4H3,(H,42,49,51)(H,43,50,52)/t29?,30-/m1/s1. The van der Waals surface area contributed by atoms with E-state index in [-0.39, 0.29) is 35.6 Å². The second-order valence-electron chi connectivity index (χ2n) is 16.7. The molecule has 0 radical (unpaired) electrons. The van der Waals surface area contributed by atoms with E-state index in [2.05, 4.69) is 59.8 Å². The summed E-state index contributed by atoms with van der Waals surface area (Å²) in [7, 11) is 1.79. The largest absolute Gasteiger partial charge is 0.444 e. The van der Waals surface area contributed by atoms with E-state index in [0.717, 1.165) is 80.3 Å². The number of nitrogens with zero attached hydrogens (tertiary/aromatic N) is 5. The SMILES string of the molecule is CN(CC1CN(c2cc(-c3cc(N4CCNCC4)c4c(c3)N(C3CCC(=O)NC3=O)CC4)cc3c2CCN3[C@@H]2CCC(=O)NC2=O)C1)C(=O)OC(C)(C)C. The molecule has 2 aromatic carbocycles. The van der Waals surface area contributed by atoms with Gasteiger partial charge in [0.05, 0.1) is 0 Å². The Labute approximate surface area is 316 Å². The van der Waals surface area contributed by atoms with Crippen LogP contribution in [0.5, 0.6) is 0 Å². The molecule has 0 saturated carbocycles. The average molecular weight is 741 g/mol. The molecule has 0 aliphatic carbocycles. The Balaban J connectivity index is 1.17. The number of benzene rings is 2. The van der Waals surface area contributed by atoms with Gasteiger partial charge in [0, 0.05) is 119 Å². The molecule has 4 saturated heterocycles. The van der Waals surface area contributed by atoms with Crippen LogP contribution in [0.25, 0.3) is 11.1 Å². The molecular formula is C40H52N8O6. The number of carbonyl (C=O) groups excluding carboxylic acids is 5. The molecule has 14 nitrogen and oxygen atoms in total. The van der Waals surface area contributed by atoms with Gasteiger partial charge in [-0.2, -0.15) is 0 Å². The first-order valence-electron chi connectivity index (χ1n) is 19.5. The number of piperidine rings is 2. The van der Waals surface area contributed by atoms with Crippen LogP contribution in [0.15, 0.2) is 24.3 Å². The molecule has 3 N–H and O–H groups in total. The molecule has 288 valence electrons. The number of imide groups is 2. The molecule has 4 fully saturated rings. The van der Waals surface area contributed by atoms with E-state index >= 15 is 0 Å². The Hall–Kier alpha value is -4.85. The van der Waals surface area contributed by atoms with E-state index in [4.69, 9.17) is 4.74 Å². The van der Waals surface area contributed by atoms with Crippen LogP contribution in [0.1, 0.15) is 57.6 Å². The molecule has 0 bridgehead atoms. The number of carbonyl (C=O) groups is 5. The van der Waals surface area contributed by atoms with Crippen LogP contribution in [0, 0.1) is 5.92 Å². The minimum atomic E-state index is -0.562. The number of ether oxygens (including phenoxy) is 1. The first-order valence-corrected chi connectivity index (χ1v) is 19.5. The summed E-state index contributed by atoms with van der Waals surface area (Å²) in [5, 5.41) is 8.60. The molecule has 2 atom stereocenters. The van der Waals surface area contributed by atoms with Crippen molar-refractivity contribution < 1.29 is 28.7 Å². The number of hydrogen-bond acceptors (Lipinski definition) is 11. The van der Waals surface area contributed by atoms with Gasteiger partial charge in [-0.15, -0.1) is 0 Å². The first-order chi connectivity index (χ1) is 25.8. The van der Waals surface area contributed by atoms with Crippen LogP contribution in [-0.4, -0.2) is 118 Å². The minimum absolute atomic E-state index is 0.220. The van der Waals surface area contributed by atoms with Gasteiger partial charge in [0.2, 0.25) is 23.6 Å². The van der Waals surface area contributed by atoms with Gasteiger partial charge in [0.15, 0.2) is 0 Å². The highest BCUT2D eigenvalue weighted by atomic mass is 16.6. The van der Waals surface area contributed by atoms with Crippen LogP contribution in [0.4, 0.5) is 27.5 Å². The molecule has 6 heterocycles. The lowest BCUT2D eigenvalue weighted by molar-refractivity contribution is -0.135. The van der Waals surface area contributed by atoms with Gasteiger partial charge in [0.25, 0.3) is 0 Å². The maximum atomic E-state index is 13.2. The maximum absolute atomic E-state index is 13.2. The van der Waals surface area contributed by atoms with E-state index < -0.39 is 17.7 Å². The molecule has 0 aromatic heterocycles. The molecule has 5 amide bonds. The van der Waals surface area contributed by atoms with Gasteiger partial charge in [-0.05, 0) is 81.8 Å². The van der Waals surface area contributed by atoms with Crippen LogP contribution in [0.2, 0.25) is 0 Å². The molecule has 0 spiro atoms. The van der Waals surface area contributed by atoms with E-state index in [1.807, 2.05) is 20.8 Å². The summed E-state index contributed by atoms with van der Waals surface area (Å²) in [4.78, 5) is 74.2. The van der Waals surface area contributed by atoms with Gasteiger partial charge < -0.3 is 34.6 Å². The summed E-state index contributed by atoms with van der Waals surface area (Å²) >= 11 is 0. The third-order valence-corrected chi connectivity index (χ3v) is 11.7. The van der Waals surface area contributed by atoms with Crippen molar-refractivity contribution in [2.45, 2.75) is 77.0 Å². The smallest absolute Gasteiger partial charge is 0.410 e. The zero-order valence-corrected chi connectivity index (χ0v) is 31.8. The summed E-state index contributed by atoms with van der Waals surface area (Å²) in [6, 6.07) is 8.14. The van der Waals surface area contributed by atoms with Crippen molar-refractivity contribution in [2.75, 3.05) is 85.6 Å². The molecule has 6 aliphatic heterocycles. The molecule has 54 heavy (non-hydrogen) atoms. The number of hydrogen-bond donors (Lipinski definition) is 3. The predicted molar refractivity (Wildman–Crippen MR) is 206 cm³/mol. The molecule has 2 aromatic rings. The lowest BCUT2D eigenvalue weighted by Gasteiger charge is -2.43. The van der Waals surface area contributed by atoms with E-state index in [0.29, 0.717) is 45.3 Å². The number of fused-ring (bicyclic) bond motifs is 2. The van der Waals surface area contributed by atoms with E-state index in [9.17, 15) is 24.0 Å². The van der Waals surface area contributed by atoms with Crippen molar-refractivity contribution in [1.82, 2.24) is 20.9 Å². The van der Waals surface area contributed by atoms with Crippen molar-refractivity contribution in [3.63, 3.8) is 0 Å². The Morgan fingerprint density at radius 2 is 1.20 bits per heavy atom. The molecule has 8 rings (SSSR count). The molecule has 1 unspecified atom stereocenters. The zero-order valence-electron chi connectivity index (χ0n) is 31.8. The minimum Gasteiger partial charge on any atom is -0.444 e. The predicted octanol–water partition coefficient (Wildman–Crippen LogP) is 2.40. The van der Waals surface area contributed by atoms with Gasteiger partial charge in [-0.25, -0.2) is 4.79 Å². The van der Waals surface area contributed by atoms with Crippen LogP contribution < -0.4 is 35.6 Å². The Morgan fingerprint density at radius 1 is 0.722 bits per heavy atom. The van der Waals surface area contributed by atoms with Crippen molar-refractivity contribution >= 4 is 52.5 Å². The third-order valence-electron chi connectivity index (χ3n) is 11.7. The van der Waals surface area contributed by atoms with Crippen LogP contribution in [-0.2, 0) is 36.8 Å². The topological polar surface area (TPSA) is 147 Å². The van der Waals surface area contributed by atoms with E-state index in [1.165, 1.54) is 16.8 Å². The normalized spacial score (nSPS) is 23.2. The monoisotopic (exact) mass is 740 g/mol. The second kappa shape index (κ2) is 14.1. The fourth-order valence-corrected chi connectivity index (χ4v) is 9.11. The maximum Gasteiger partial charge on any atom is 0.410 e. The summed E-state index contributed by atoms with van der Waals surface area (Å²) in [6.07, 6.45) is 2.86. The Kier molecular flexibility index (Phi) is 9.43. The van der Waals surface area contributed by atoms with Gasteiger partial charge in [-0.3, -0.25) is 29.8 Å². The highest BCUT2D eigenvalue weighted by Crippen LogP contribution is 2.47. The second-order valence-corrected chi connectivity index (χ2v) is 16.7. The molecule has 14 heteroatoms. The highest BCUT2D eigenvalue weighted by Gasteiger charge is 2.40. The Bertz CT molecular complexity index is 1880. The quantitative estimate of drug-likeness (QED) is 0.360. The number of nitrogens with one attached hydrogen (secondary N) is 3. The molecule has 6 aliphatic rings. The van der Waals surface area contributed by atoms with Crippen molar-refractivity contribution in [1.29, 1.82) is 0 Å².